The zero-order chi connectivity index (χ0) is 21.0. The van der Waals surface area contributed by atoms with Gasteiger partial charge in [0.15, 0.2) is 0 Å². The van der Waals surface area contributed by atoms with Gasteiger partial charge in [-0.1, -0.05) is 33.6 Å². The molecule has 0 saturated heterocycles. The number of nitrogens with zero attached hydrogens (tertiary/aromatic N) is 1. The average Bonchev–Trinajstić information content (AvgIpc) is 2.70. The highest BCUT2D eigenvalue weighted by Crippen LogP contribution is 2.33. The Labute approximate surface area is 189 Å². The van der Waals surface area contributed by atoms with Crippen molar-refractivity contribution in [3.05, 3.63) is 62.7 Å². The van der Waals surface area contributed by atoms with Crippen molar-refractivity contribution in [1.29, 1.82) is 0 Å². The molecule has 0 saturated carbocycles. The molecule has 3 rings (SSSR count). The molecule has 154 valence electrons. The minimum atomic E-state index is 0.125. The quantitative estimate of drug-likeness (QED) is 0.342. The van der Waals surface area contributed by atoms with E-state index in [0.717, 1.165) is 37.8 Å². The minimum absolute atomic E-state index is 0.125. The number of hydrogen-bond donors (Lipinski definition) is 1. The number of pyridine rings is 1. The molecule has 0 atom stereocenters. The van der Waals surface area contributed by atoms with E-state index in [2.05, 4.69) is 32.3 Å². The fourth-order valence-electron chi connectivity index (χ4n) is 3.07. The summed E-state index contributed by atoms with van der Waals surface area (Å²) >= 11 is 16.0. The Kier molecular flexibility index (Phi) is 7.63. The van der Waals surface area contributed by atoms with Gasteiger partial charge < -0.3 is 14.8 Å². The number of nitrogens with one attached hydrogen (secondary N) is 1. The van der Waals surface area contributed by atoms with Gasteiger partial charge >= 0.3 is 0 Å². The number of hydrogen-bond acceptors (Lipinski definition) is 4. The smallest absolute Gasteiger partial charge is 0.137 e. The second-order valence-electron chi connectivity index (χ2n) is 6.94. The number of aromatic nitrogens is 1. The molecule has 3 aromatic rings. The lowest BCUT2D eigenvalue weighted by atomic mass is 10.1. The zero-order valence-corrected chi connectivity index (χ0v) is 19.7. The molecule has 0 aliphatic rings. The molecular weight excluding hydrogens is 475 g/mol. The first-order valence-corrected chi connectivity index (χ1v) is 11.0. The second-order valence-corrected chi connectivity index (χ2v) is 8.53. The van der Waals surface area contributed by atoms with E-state index in [9.17, 15) is 0 Å². The molecule has 0 unspecified atom stereocenters. The molecule has 0 bridgehead atoms. The first kappa shape index (κ1) is 22.2. The van der Waals surface area contributed by atoms with Crippen molar-refractivity contribution in [2.75, 3.05) is 12.4 Å². The molecule has 7 heteroatoms. The van der Waals surface area contributed by atoms with Crippen LogP contribution in [0.2, 0.25) is 5.02 Å². The highest BCUT2D eigenvalue weighted by molar-refractivity contribution is 9.10. The third-order valence-corrected chi connectivity index (χ3v) is 5.54. The maximum Gasteiger partial charge on any atom is 0.137 e. The second kappa shape index (κ2) is 9.98. The van der Waals surface area contributed by atoms with Crippen molar-refractivity contribution < 1.29 is 9.47 Å². The average molecular weight is 498 g/mol. The van der Waals surface area contributed by atoms with Gasteiger partial charge in [-0.05, 0) is 49.2 Å². The highest BCUT2D eigenvalue weighted by Gasteiger charge is 2.14. The van der Waals surface area contributed by atoms with Crippen molar-refractivity contribution in [1.82, 2.24) is 4.98 Å². The molecule has 0 aliphatic heterocycles. The molecule has 1 aromatic heterocycles. The van der Waals surface area contributed by atoms with Crippen LogP contribution in [0, 0.1) is 0 Å². The number of methoxy groups -OCH3 is 1. The number of ether oxygens (including phenoxy) is 2. The zero-order valence-electron chi connectivity index (χ0n) is 16.6. The van der Waals surface area contributed by atoms with E-state index in [1.807, 2.05) is 44.3 Å². The Bertz CT molecular complexity index is 1010. The van der Waals surface area contributed by atoms with Gasteiger partial charge in [0.2, 0.25) is 0 Å². The third kappa shape index (κ3) is 5.34. The maximum atomic E-state index is 6.28. The summed E-state index contributed by atoms with van der Waals surface area (Å²) in [5.41, 5.74) is 4.87. The van der Waals surface area contributed by atoms with Crippen LogP contribution in [-0.2, 0) is 23.8 Å². The summed E-state index contributed by atoms with van der Waals surface area (Å²) in [6, 6.07) is 9.82. The monoisotopic (exact) mass is 496 g/mol. The van der Waals surface area contributed by atoms with Crippen LogP contribution in [0.4, 0.5) is 5.69 Å². The summed E-state index contributed by atoms with van der Waals surface area (Å²) in [5, 5.41) is 5.14. The Morgan fingerprint density at radius 2 is 1.97 bits per heavy atom. The Morgan fingerprint density at radius 3 is 2.62 bits per heavy atom. The predicted octanol–water partition coefficient (Wildman–Crippen LogP) is 6.94. The summed E-state index contributed by atoms with van der Waals surface area (Å²) in [6.07, 6.45) is 1.98. The number of alkyl halides is 1. The van der Waals surface area contributed by atoms with Crippen LogP contribution in [0.1, 0.15) is 30.5 Å². The van der Waals surface area contributed by atoms with Crippen LogP contribution < -0.4 is 10.1 Å². The van der Waals surface area contributed by atoms with E-state index in [4.69, 9.17) is 32.7 Å². The van der Waals surface area contributed by atoms with Crippen LogP contribution in [0.3, 0.4) is 0 Å². The summed E-state index contributed by atoms with van der Waals surface area (Å²) < 4.78 is 12.0. The van der Waals surface area contributed by atoms with E-state index in [1.165, 1.54) is 0 Å². The van der Waals surface area contributed by atoms with Crippen LogP contribution in [-0.4, -0.2) is 18.2 Å². The van der Waals surface area contributed by atoms with Crippen molar-refractivity contribution in [2.45, 2.75) is 39.0 Å². The molecule has 0 spiro atoms. The molecule has 2 aromatic carbocycles. The first-order chi connectivity index (χ1) is 13.9. The van der Waals surface area contributed by atoms with Crippen LogP contribution in [0.25, 0.3) is 10.9 Å². The Morgan fingerprint density at radius 1 is 1.17 bits per heavy atom. The van der Waals surface area contributed by atoms with E-state index in [1.54, 1.807) is 7.11 Å². The maximum absolute atomic E-state index is 6.28. The predicted molar refractivity (Wildman–Crippen MR) is 124 cm³/mol. The lowest BCUT2D eigenvalue weighted by Gasteiger charge is -2.18. The standard InChI is InChI=1S/C22H23BrCl2N2O2/c1-13(2)29-12-16-11-27-21-15(9-24)7-17(23)8-18(21)22(16)26-10-14-4-5-20(28-3)19(25)6-14/h4-8,11,13H,9-10,12H2,1-3H3,(H,26,27). The topological polar surface area (TPSA) is 43.4 Å². The normalized spacial score (nSPS) is 11.3. The fourth-order valence-corrected chi connectivity index (χ4v) is 4.05. The van der Waals surface area contributed by atoms with E-state index in [-0.39, 0.29) is 6.10 Å². The molecule has 1 heterocycles. The minimum Gasteiger partial charge on any atom is -0.495 e. The largest absolute Gasteiger partial charge is 0.495 e. The third-order valence-electron chi connectivity index (χ3n) is 4.50. The van der Waals surface area contributed by atoms with E-state index < -0.39 is 0 Å². The van der Waals surface area contributed by atoms with Gasteiger partial charge in [-0.3, -0.25) is 4.98 Å². The number of fused-ring (bicyclic) bond motifs is 1. The van der Waals surface area contributed by atoms with Crippen molar-refractivity contribution in [3.63, 3.8) is 0 Å². The molecule has 4 nitrogen and oxygen atoms in total. The summed E-state index contributed by atoms with van der Waals surface area (Å²) in [5.74, 6) is 1.05. The van der Waals surface area contributed by atoms with Gasteiger partial charge in [-0.25, -0.2) is 0 Å². The van der Waals surface area contributed by atoms with Crippen molar-refractivity contribution in [2.24, 2.45) is 0 Å². The van der Waals surface area contributed by atoms with Gasteiger partial charge in [0, 0.05) is 34.0 Å². The fraction of sp³-hybridized carbons (Fsp3) is 0.318. The van der Waals surface area contributed by atoms with Gasteiger partial charge in [-0.15, -0.1) is 11.6 Å². The summed E-state index contributed by atoms with van der Waals surface area (Å²) in [4.78, 5) is 4.66. The van der Waals surface area contributed by atoms with Crippen LogP contribution in [0.5, 0.6) is 5.75 Å². The molecule has 0 radical (unpaired) electrons. The lowest BCUT2D eigenvalue weighted by Crippen LogP contribution is -2.08. The highest BCUT2D eigenvalue weighted by atomic mass is 79.9. The van der Waals surface area contributed by atoms with Crippen molar-refractivity contribution in [3.8, 4) is 5.75 Å². The number of rotatable bonds is 8. The summed E-state index contributed by atoms with van der Waals surface area (Å²) in [6.45, 7) is 5.10. The molecule has 0 aliphatic carbocycles. The lowest BCUT2D eigenvalue weighted by molar-refractivity contribution is 0.0659. The Balaban J connectivity index is 2.00. The molecular formula is C22H23BrCl2N2O2. The SMILES string of the molecule is COc1ccc(CNc2c(COC(C)C)cnc3c(CCl)cc(Br)cc23)cc1Cl. The number of benzene rings is 2. The van der Waals surface area contributed by atoms with Gasteiger partial charge in [0.1, 0.15) is 5.75 Å². The van der Waals surface area contributed by atoms with E-state index in [0.29, 0.717) is 29.8 Å². The Hall–Kier alpha value is -1.53. The van der Waals surface area contributed by atoms with Crippen LogP contribution in [0.15, 0.2) is 41.0 Å². The molecule has 0 fully saturated rings. The van der Waals surface area contributed by atoms with Crippen molar-refractivity contribution >= 4 is 55.7 Å². The first-order valence-electron chi connectivity index (χ1n) is 9.26. The number of halogens is 3. The molecule has 0 amide bonds. The molecule has 29 heavy (non-hydrogen) atoms. The number of anilines is 1. The van der Waals surface area contributed by atoms with Gasteiger partial charge in [-0.2, -0.15) is 0 Å². The van der Waals surface area contributed by atoms with Gasteiger partial charge in [0.05, 0.1) is 36.0 Å². The van der Waals surface area contributed by atoms with Crippen LogP contribution >= 0.6 is 39.1 Å². The van der Waals surface area contributed by atoms with E-state index >= 15 is 0 Å². The molecule has 1 N–H and O–H groups in total. The van der Waals surface area contributed by atoms with Gasteiger partial charge in [0.25, 0.3) is 0 Å². The summed E-state index contributed by atoms with van der Waals surface area (Å²) in [7, 11) is 1.61.